The third-order valence-corrected chi connectivity index (χ3v) is 2.82. The fourth-order valence-corrected chi connectivity index (χ4v) is 2.16. The standard InChI is InChI=1S/C10H14O6/c1-4(14-5(2)11)9-8(13)10-6(15-9)3-7(12)16-10/h4,6,8-10,13H,3H2,1-2H3/t4-,6+,8-,9-,10-/m0/s1. The first-order chi connectivity index (χ1) is 7.49. The van der Waals surface area contributed by atoms with Crippen LogP contribution < -0.4 is 0 Å². The van der Waals surface area contributed by atoms with Crippen molar-refractivity contribution >= 4 is 11.9 Å². The van der Waals surface area contributed by atoms with Crippen LogP contribution in [0.5, 0.6) is 0 Å². The quantitative estimate of drug-likeness (QED) is 0.637. The van der Waals surface area contributed by atoms with Crippen molar-refractivity contribution in [2.24, 2.45) is 0 Å². The molecule has 0 aromatic heterocycles. The first kappa shape index (κ1) is 11.3. The summed E-state index contributed by atoms with van der Waals surface area (Å²) in [7, 11) is 0. The molecular formula is C10H14O6. The molecule has 0 amide bonds. The van der Waals surface area contributed by atoms with Crippen molar-refractivity contribution in [1.82, 2.24) is 0 Å². The molecule has 1 N–H and O–H groups in total. The number of carbonyl (C=O) groups is 2. The van der Waals surface area contributed by atoms with E-state index in [1.165, 1.54) is 6.92 Å². The zero-order chi connectivity index (χ0) is 11.9. The molecule has 6 nitrogen and oxygen atoms in total. The smallest absolute Gasteiger partial charge is 0.309 e. The Labute approximate surface area is 92.5 Å². The Morgan fingerprint density at radius 3 is 2.88 bits per heavy atom. The van der Waals surface area contributed by atoms with Crippen molar-refractivity contribution in [3.8, 4) is 0 Å². The molecule has 2 fully saturated rings. The maximum Gasteiger partial charge on any atom is 0.309 e. The largest absolute Gasteiger partial charge is 0.460 e. The molecular weight excluding hydrogens is 216 g/mol. The first-order valence-electron chi connectivity index (χ1n) is 5.19. The van der Waals surface area contributed by atoms with E-state index in [1.807, 2.05) is 0 Å². The van der Waals surface area contributed by atoms with Crippen LogP contribution in [0.25, 0.3) is 0 Å². The van der Waals surface area contributed by atoms with E-state index in [2.05, 4.69) is 0 Å². The molecule has 2 rings (SSSR count). The van der Waals surface area contributed by atoms with Gasteiger partial charge in [0.1, 0.15) is 24.4 Å². The van der Waals surface area contributed by atoms with Gasteiger partial charge in [0, 0.05) is 6.92 Å². The second-order valence-corrected chi connectivity index (χ2v) is 4.10. The molecule has 2 aliphatic heterocycles. The molecule has 90 valence electrons. The van der Waals surface area contributed by atoms with Crippen molar-refractivity contribution in [2.75, 3.05) is 0 Å². The van der Waals surface area contributed by atoms with E-state index in [0.29, 0.717) is 0 Å². The number of hydrogen-bond donors (Lipinski definition) is 1. The molecule has 0 saturated carbocycles. The average Bonchev–Trinajstić information content (AvgIpc) is 2.64. The number of aliphatic hydroxyl groups excluding tert-OH is 1. The van der Waals surface area contributed by atoms with Gasteiger partial charge in [-0.25, -0.2) is 0 Å². The molecule has 2 saturated heterocycles. The maximum absolute atomic E-state index is 11.0. The van der Waals surface area contributed by atoms with E-state index in [0.717, 1.165) is 0 Å². The fourth-order valence-electron chi connectivity index (χ4n) is 2.16. The first-order valence-corrected chi connectivity index (χ1v) is 5.19. The minimum atomic E-state index is -0.939. The second kappa shape index (κ2) is 4.03. The number of aliphatic hydroxyl groups is 1. The average molecular weight is 230 g/mol. The molecule has 2 aliphatic rings. The van der Waals surface area contributed by atoms with Gasteiger partial charge in [-0.15, -0.1) is 0 Å². The number of esters is 2. The lowest BCUT2D eigenvalue weighted by Gasteiger charge is -2.22. The van der Waals surface area contributed by atoms with E-state index in [-0.39, 0.29) is 12.4 Å². The molecule has 0 bridgehead atoms. The van der Waals surface area contributed by atoms with Crippen LogP contribution >= 0.6 is 0 Å². The number of carbonyl (C=O) groups excluding carboxylic acids is 2. The van der Waals surface area contributed by atoms with Crippen molar-refractivity contribution < 1.29 is 28.9 Å². The van der Waals surface area contributed by atoms with Gasteiger partial charge < -0.3 is 19.3 Å². The van der Waals surface area contributed by atoms with Gasteiger partial charge in [-0.1, -0.05) is 0 Å². The SMILES string of the molecule is CC(=O)O[C@@H](C)[C@@H]1O[C@@H]2CC(=O)O[C@@H]2[C@H]1O. The van der Waals surface area contributed by atoms with Crippen molar-refractivity contribution in [3.05, 3.63) is 0 Å². The van der Waals surface area contributed by atoms with E-state index in [4.69, 9.17) is 14.2 Å². The van der Waals surface area contributed by atoms with Gasteiger partial charge in [0.2, 0.25) is 0 Å². The molecule has 2 heterocycles. The Balaban J connectivity index is 2.00. The molecule has 0 unspecified atom stereocenters. The number of ether oxygens (including phenoxy) is 3. The normalized spacial score (nSPS) is 39.1. The fraction of sp³-hybridized carbons (Fsp3) is 0.800. The lowest BCUT2D eigenvalue weighted by molar-refractivity contribution is -0.159. The third-order valence-electron chi connectivity index (χ3n) is 2.82. The summed E-state index contributed by atoms with van der Waals surface area (Å²) >= 11 is 0. The summed E-state index contributed by atoms with van der Waals surface area (Å²) in [6, 6.07) is 0. The molecule has 6 heteroatoms. The molecule has 0 spiro atoms. The summed E-state index contributed by atoms with van der Waals surface area (Å²) in [6.45, 7) is 2.93. The number of fused-ring (bicyclic) bond motifs is 1. The van der Waals surface area contributed by atoms with Gasteiger partial charge in [-0.3, -0.25) is 9.59 Å². The van der Waals surface area contributed by atoms with E-state index in [9.17, 15) is 14.7 Å². The predicted molar refractivity (Wildman–Crippen MR) is 50.4 cm³/mol. The summed E-state index contributed by atoms with van der Waals surface area (Å²) in [5, 5.41) is 9.87. The van der Waals surface area contributed by atoms with Crippen molar-refractivity contribution in [2.45, 2.75) is 50.8 Å². The van der Waals surface area contributed by atoms with Crippen molar-refractivity contribution in [3.63, 3.8) is 0 Å². The predicted octanol–water partition coefficient (Wildman–Crippen LogP) is -0.618. The van der Waals surface area contributed by atoms with Crippen LogP contribution in [-0.4, -0.2) is 47.6 Å². The van der Waals surface area contributed by atoms with Gasteiger partial charge in [0.15, 0.2) is 6.10 Å². The maximum atomic E-state index is 11.0. The monoisotopic (exact) mass is 230 g/mol. The highest BCUT2D eigenvalue weighted by molar-refractivity contribution is 5.73. The van der Waals surface area contributed by atoms with Crippen LogP contribution in [0.15, 0.2) is 0 Å². The number of rotatable bonds is 2. The zero-order valence-electron chi connectivity index (χ0n) is 9.08. The van der Waals surface area contributed by atoms with Crippen molar-refractivity contribution in [1.29, 1.82) is 0 Å². The second-order valence-electron chi connectivity index (χ2n) is 4.10. The van der Waals surface area contributed by atoms with Gasteiger partial charge in [-0.05, 0) is 6.92 Å². The van der Waals surface area contributed by atoms with E-state index >= 15 is 0 Å². The van der Waals surface area contributed by atoms with Gasteiger partial charge in [0.25, 0.3) is 0 Å². The van der Waals surface area contributed by atoms with Crippen LogP contribution in [-0.2, 0) is 23.8 Å². The number of hydrogen-bond acceptors (Lipinski definition) is 6. The summed E-state index contributed by atoms with van der Waals surface area (Å²) in [5.41, 5.74) is 0. The van der Waals surface area contributed by atoms with Crippen LogP contribution in [0.1, 0.15) is 20.3 Å². The zero-order valence-corrected chi connectivity index (χ0v) is 9.08. The Kier molecular flexibility index (Phi) is 2.86. The van der Waals surface area contributed by atoms with Crippen LogP contribution in [0.4, 0.5) is 0 Å². The highest BCUT2D eigenvalue weighted by atomic mass is 16.6. The molecule has 0 aliphatic carbocycles. The Hall–Kier alpha value is -1.14. The summed E-state index contributed by atoms with van der Waals surface area (Å²) in [4.78, 5) is 21.7. The van der Waals surface area contributed by atoms with Crippen LogP contribution in [0, 0.1) is 0 Å². The molecule has 0 aromatic carbocycles. The van der Waals surface area contributed by atoms with Gasteiger partial charge in [-0.2, -0.15) is 0 Å². The van der Waals surface area contributed by atoms with Crippen LogP contribution in [0.3, 0.4) is 0 Å². The lowest BCUT2D eigenvalue weighted by Crippen LogP contribution is -2.40. The van der Waals surface area contributed by atoms with Gasteiger partial charge >= 0.3 is 11.9 Å². The minimum absolute atomic E-state index is 0.144. The molecule has 0 aromatic rings. The summed E-state index contributed by atoms with van der Waals surface area (Å²) in [5.74, 6) is -0.801. The lowest BCUT2D eigenvalue weighted by atomic mass is 10.0. The molecule has 0 radical (unpaired) electrons. The van der Waals surface area contributed by atoms with Gasteiger partial charge in [0.05, 0.1) is 6.42 Å². The molecule has 16 heavy (non-hydrogen) atoms. The van der Waals surface area contributed by atoms with E-state index in [1.54, 1.807) is 6.92 Å². The summed E-state index contributed by atoms with van der Waals surface area (Å²) in [6.07, 6.45) is -3.04. The Morgan fingerprint density at radius 1 is 1.62 bits per heavy atom. The molecule has 5 atom stereocenters. The van der Waals surface area contributed by atoms with E-state index < -0.39 is 36.5 Å². The highest BCUT2D eigenvalue weighted by Gasteiger charge is 2.53. The third kappa shape index (κ3) is 1.90. The Morgan fingerprint density at radius 2 is 2.31 bits per heavy atom. The minimum Gasteiger partial charge on any atom is -0.460 e. The highest BCUT2D eigenvalue weighted by Crippen LogP contribution is 2.33. The Bertz CT molecular complexity index is 314. The summed E-state index contributed by atoms with van der Waals surface area (Å²) < 4.78 is 15.3. The van der Waals surface area contributed by atoms with Crippen LogP contribution in [0.2, 0.25) is 0 Å². The topological polar surface area (TPSA) is 82.1 Å².